The average molecular weight is 533 g/mol. The molecule has 0 radical (unpaired) electrons. The quantitative estimate of drug-likeness (QED) is 0.147. The van der Waals surface area contributed by atoms with Crippen LogP contribution >= 0.6 is 27.5 Å². The number of hydrazone groups is 1. The molecule has 0 aliphatic carbocycles. The SMILES string of the molecule is O=C(COc1ccc([N+](=O)[O-])cc1)N/N=C\c1cc(Br)ccc1OC(=O)c1ccccc1Cl. The summed E-state index contributed by atoms with van der Waals surface area (Å²) in [6.45, 7) is -0.359. The molecule has 33 heavy (non-hydrogen) atoms. The highest BCUT2D eigenvalue weighted by molar-refractivity contribution is 9.10. The van der Waals surface area contributed by atoms with E-state index in [4.69, 9.17) is 21.1 Å². The van der Waals surface area contributed by atoms with Crippen LogP contribution in [-0.2, 0) is 4.79 Å². The van der Waals surface area contributed by atoms with Gasteiger partial charge >= 0.3 is 5.97 Å². The number of benzene rings is 3. The van der Waals surface area contributed by atoms with Gasteiger partial charge in [0.05, 0.1) is 21.7 Å². The predicted molar refractivity (Wildman–Crippen MR) is 125 cm³/mol. The van der Waals surface area contributed by atoms with Gasteiger partial charge < -0.3 is 9.47 Å². The van der Waals surface area contributed by atoms with Crippen LogP contribution in [-0.4, -0.2) is 29.6 Å². The van der Waals surface area contributed by atoms with Crippen LogP contribution < -0.4 is 14.9 Å². The Balaban J connectivity index is 1.60. The first-order chi connectivity index (χ1) is 15.8. The molecule has 1 amide bonds. The number of nitrogens with zero attached hydrogens (tertiary/aromatic N) is 2. The molecule has 3 aromatic rings. The number of carbonyl (C=O) groups excluding carboxylic acids is 2. The van der Waals surface area contributed by atoms with Crippen molar-refractivity contribution in [2.24, 2.45) is 5.10 Å². The van der Waals surface area contributed by atoms with Crippen molar-refractivity contribution in [1.82, 2.24) is 5.43 Å². The summed E-state index contributed by atoms with van der Waals surface area (Å²) in [7, 11) is 0. The third kappa shape index (κ3) is 6.86. The number of hydrogen-bond donors (Lipinski definition) is 1. The van der Waals surface area contributed by atoms with Gasteiger partial charge in [-0.15, -0.1) is 0 Å². The fraction of sp³-hybridized carbons (Fsp3) is 0.0455. The number of esters is 1. The van der Waals surface area contributed by atoms with Gasteiger partial charge in [-0.1, -0.05) is 39.7 Å². The maximum atomic E-state index is 12.4. The van der Waals surface area contributed by atoms with E-state index in [1.807, 2.05) is 0 Å². The summed E-state index contributed by atoms with van der Waals surface area (Å²) >= 11 is 9.37. The first-order valence-electron chi connectivity index (χ1n) is 9.29. The van der Waals surface area contributed by atoms with E-state index >= 15 is 0 Å². The van der Waals surface area contributed by atoms with Crippen LogP contribution in [0.1, 0.15) is 15.9 Å². The molecule has 11 heteroatoms. The number of amides is 1. The molecular weight excluding hydrogens is 518 g/mol. The van der Waals surface area contributed by atoms with Gasteiger partial charge in [-0.2, -0.15) is 5.10 Å². The third-order valence-electron chi connectivity index (χ3n) is 4.08. The van der Waals surface area contributed by atoms with Crippen molar-refractivity contribution in [3.05, 3.63) is 97.5 Å². The van der Waals surface area contributed by atoms with E-state index in [9.17, 15) is 19.7 Å². The van der Waals surface area contributed by atoms with Crippen LogP contribution in [0.2, 0.25) is 5.02 Å². The molecular formula is C22H15BrClN3O6. The van der Waals surface area contributed by atoms with Crippen molar-refractivity contribution < 1.29 is 24.0 Å². The lowest BCUT2D eigenvalue weighted by molar-refractivity contribution is -0.384. The molecule has 168 valence electrons. The van der Waals surface area contributed by atoms with Crippen molar-refractivity contribution in [2.75, 3.05) is 6.61 Å². The molecule has 9 nitrogen and oxygen atoms in total. The van der Waals surface area contributed by atoms with Gasteiger partial charge in [0, 0.05) is 22.2 Å². The van der Waals surface area contributed by atoms with E-state index in [1.165, 1.54) is 30.5 Å². The topological polar surface area (TPSA) is 120 Å². The smallest absolute Gasteiger partial charge is 0.345 e. The molecule has 0 saturated heterocycles. The Morgan fingerprint density at radius 3 is 2.55 bits per heavy atom. The van der Waals surface area contributed by atoms with Gasteiger partial charge in [0.15, 0.2) is 6.61 Å². The second-order valence-corrected chi connectivity index (χ2v) is 7.71. The number of carbonyl (C=O) groups is 2. The van der Waals surface area contributed by atoms with Crippen LogP contribution in [0.5, 0.6) is 11.5 Å². The lowest BCUT2D eigenvalue weighted by Gasteiger charge is -2.09. The summed E-state index contributed by atoms with van der Waals surface area (Å²) in [4.78, 5) is 34.5. The van der Waals surface area contributed by atoms with Crippen molar-refractivity contribution in [3.63, 3.8) is 0 Å². The molecule has 0 unspecified atom stereocenters. The van der Waals surface area contributed by atoms with E-state index in [0.717, 1.165) is 0 Å². The van der Waals surface area contributed by atoms with E-state index in [1.54, 1.807) is 42.5 Å². The number of halogens is 2. The monoisotopic (exact) mass is 531 g/mol. The van der Waals surface area contributed by atoms with E-state index in [2.05, 4.69) is 26.5 Å². The highest BCUT2D eigenvalue weighted by Crippen LogP contribution is 2.24. The average Bonchev–Trinajstić information content (AvgIpc) is 2.80. The zero-order valence-electron chi connectivity index (χ0n) is 16.7. The zero-order valence-corrected chi connectivity index (χ0v) is 19.1. The van der Waals surface area contributed by atoms with E-state index in [-0.39, 0.29) is 28.6 Å². The van der Waals surface area contributed by atoms with E-state index < -0.39 is 16.8 Å². The molecule has 3 aromatic carbocycles. The summed E-state index contributed by atoms with van der Waals surface area (Å²) < 4.78 is 11.4. The number of nitro groups is 1. The van der Waals surface area contributed by atoms with Gasteiger partial charge in [0.2, 0.25) is 0 Å². The minimum atomic E-state index is -0.641. The van der Waals surface area contributed by atoms with Crippen LogP contribution in [0.3, 0.4) is 0 Å². The highest BCUT2D eigenvalue weighted by atomic mass is 79.9. The first kappa shape index (κ1) is 23.9. The number of rotatable bonds is 8. The van der Waals surface area contributed by atoms with Gasteiger partial charge in [-0.05, 0) is 42.5 Å². The lowest BCUT2D eigenvalue weighted by Crippen LogP contribution is -2.24. The van der Waals surface area contributed by atoms with Gasteiger partial charge in [0.25, 0.3) is 11.6 Å². The number of nitro benzene ring substituents is 1. The molecule has 0 aromatic heterocycles. The minimum Gasteiger partial charge on any atom is -0.484 e. The Morgan fingerprint density at radius 1 is 1.12 bits per heavy atom. The summed E-state index contributed by atoms with van der Waals surface area (Å²) in [5.41, 5.74) is 2.83. The number of ether oxygens (including phenoxy) is 2. The van der Waals surface area contributed by atoms with Crippen LogP contribution in [0.15, 0.2) is 76.3 Å². The second kappa shape index (κ2) is 11.2. The molecule has 0 atom stereocenters. The maximum absolute atomic E-state index is 12.4. The lowest BCUT2D eigenvalue weighted by atomic mass is 10.2. The highest BCUT2D eigenvalue weighted by Gasteiger charge is 2.14. The van der Waals surface area contributed by atoms with Crippen LogP contribution in [0.4, 0.5) is 5.69 Å². The zero-order chi connectivity index (χ0) is 23.8. The van der Waals surface area contributed by atoms with Crippen LogP contribution in [0.25, 0.3) is 0 Å². The fourth-order valence-electron chi connectivity index (χ4n) is 2.51. The molecule has 1 N–H and O–H groups in total. The molecule has 0 aliphatic heterocycles. The summed E-state index contributed by atoms with van der Waals surface area (Å²) in [5, 5.41) is 14.8. The Morgan fingerprint density at radius 2 is 1.85 bits per heavy atom. The predicted octanol–water partition coefficient (Wildman–Crippen LogP) is 4.76. The van der Waals surface area contributed by atoms with Crippen molar-refractivity contribution in [3.8, 4) is 11.5 Å². The molecule has 0 heterocycles. The van der Waals surface area contributed by atoms with E-state index in [0.29, 0.717) is 15.8 Å². The molecule has 0 aliphatic rings. The summed E-state index contributed by atoms with van der Waals surface area (Å²) in [6, 6.07) is 16.7. The van der Waals surface area contributed by atoms with Gasteiger partial charge in [-0.3, -0.25) is 14.9 Å². The second-order valence-electron chi connectivity index (χ2n) is 6.38. The molecule has 0 spiro atoms. The standard InChI is InChI=1S/C22H15BrClN3O6/c23-15-5-10-20(33-22(29)18-3-1-2-4-19(18)24)14(11-15)12-25-26-21(28)13-32-17-8-6-16(7-9-17)27(30)31/h1-12H,13H2,(H,26,28)/b25-12-. The minimum absolute atomic E-state index is 0.0866. The van der Waals surface area contributed by atoms with Gasteiger partial charge in [-0.25, -0.2) is 10.2 Å². The Hall–Kier alpha value is -3.76. The maximum Gasteiger partial charge on any atom is 0.345 e. The molecule has 0 fully saturated rings. The molecule has 0 bridgehead atoms. The van der Waals surface area contributed by atoms with Crippen molar-refractivity contribution >= 4 is 51.3 Å². The largest absolute Gasteiger partial charge is 0.484 e. The summed E-state index contributed by atoms with van der Waals surface area (Å²) in [6.07, 6.45) is 1.31. The van der Waals surface area contributed by atoms with Gasteiger partial charge in [0.1, 0.15) is 11.5 Å². The fourth-order valence-corrected chi connectivity index (χ4v) is 3.11. The normalized spacial score (nSPS) is 10.6. The van der Waals surface area contributed by atoms with Crippen LogP contribution in [0, 0.1) is 10.1 Å². The Bertz CT molecular complexity index is 1220. The summed E-state index contributed by atoms with van der Waals surface area (Å²) in [5.74, 6) is -0.698. The number of non-ortho nitro benzene ring substituents is 1. The Kier molecular flexibility index (Phi) is 8.11. The van der Waals surface area contributed by atoms with Crippen molar-refractivity contribution in [1.29, 1.82) is 0 Å². The third-order valence-corrected chi connectivity index (χ3v) is 4.90. The van der Waals surface area contributed by atoms with Crippen molar-refractivity contribution in [2.45, 2.75) is 0 Å². The first-order valence-corrected chi connectivity index (χ1v) is 10.5. The Labute approximate surface area is 201 Å². The molecule has 0 saturated carbocycles. The molecule has 3 rings (SSSR count). The number of hydrogen-bond acceptors (Lipinski definition) is 7. The number of nitrogens with one attached hydrogen (secondary N) is 1.